The lowest BCUT2D eigenvalue weighted by molar-refractivity contribution is 1.41. The molecule has 0 aliphatic heterocycles. The minimum atomic E-state index is 1.09. The Kier molecular flexibility index (Phi) is 6.59. The normalized spacial score (nSPS) is 9.45. The van der Waals surface area contributed by atoms with Crippen LogP contribution >= 0.6 is 0 Å². The van der Waals surface area contributed by atoms with Crippen molar-refractivity contribution in [3.8, 4) is 0 Å². The fourth-order valence-electron chi connectivity index (χ4n) is 2.28. The van der Waals surface area contributed by atoms with Crippen molar-refractivity contribution in [2.24, 2.45) is 0 Å². The van der Waals surface area contributed by atoms with Gasteiger partial charge < -0.3 is 0 Å². The van der Waals surface area contributed by atoms with Crippen LogP contribution in [0.15, 0.2) is 68.3 Å². The van der Waals surface area contributed by atoms with Crippen molar-refractivity contribution in [3.63, 3.8) is 0 Å². The first-order valence-electron chi connectivity index (χ1n) is 7.47. The van der Waals surface area contributed by atoms with Crippen LogP contribution in [0, 0.1) is 6.92 Å². The summed E-state index contributed by atoms with van der Waals surface area (Å²) < 4.78 is 0. The highest BCUT2D eigenvalue weighted by Gasteiger charge is 2.01. The van der Waals surface area contributed by atoms with Crippen LogP contribution in [0.1, 0.15) is 43.0 Å². The van der Waals surface area contributed by atoms with Crippen LogP contribution in [0.25, 0.3) is 16.7 Å². The molecule has 0 atom stereocenters. The van der Waals surface area contributed by atoms with Gasteiger partial charge in [-0.25, -0.2) is 0 Å². The molecule has 0 nitrogen and oxygen atoms in total. The molecule has 0 unspecified atom stereocenters. The fraction of sp³-hybridized carbons (Fsp3) is 0.182. The van der Waals surface area contributed by atoms with E-state index in [0.29, 0.717) is 0 Å². The monoisotopic (exact) mass is 290 g/mol. The first-order valence-corrected chi connectivity index (χ1v) is 7.47. The molecular weight excluding hydrogens is 264 g/mol. The van der Waals surface area contributed by atoms with Gasteiger partial charge in [0, 0.05) is 0 Å². The smallest absolute Gasteiger partial charge is 0.0158 e. The number of allylic oxidation sites excluding steroid dienone is 3. The van der Waals surface area contributed by atoms with E-state index in [1.807, 2.05) is 45.0 Å². The molecule has 0 aliphatic rings. The van der Waals surface area contributed by atoms with E-state index < -0.39 is 0 Å². The summed E-state index contributed by atoms with van der Waals surface area (Å²) in [5.41, 5.74) is 8.28. The summed E-state index contributed by atoms with van der Waals surface area (Å²) in [6.07, 6.45) is 0. The molecule has 0 aromatic heterocycles. The van der Waals surface area contributed by atoms with Crippen LogP contribution in [0.5, 0.6) is 0 Å². The first-order chi connectivity index (χ1) is 10.3. The lowest BCUT2D eigenvalue weighted by Crippen LogP contribution is -1.86. The van der Waals surface area contributed by atoms with E-state index in [1.165, 1.54) is 22.3 Å². The molecule has 0 heterocycles. The lowest BCUT2D eigenvalue weighted by atomic mass is 9.98. The average molecular weight is 290 g/mol. The second-order valence-corrected chi connectivity index (χ2v) is 5.70. The van der Waals surface area contributed by atoms with Crippen molar-refractivity contribution in [2.75, 3.05) is 0 Å². The van der Waals surface area contributed by atoms with Gasteiger partial charge in [-0.3, -0.25) is 0 Å². The second-order valence-electron chi connectivity index (χ2n) is 5.70. The van der Waals surface area contributed by atoms with Crippen LogP contribution in [-0.4, -0.2) is 0 Å². The Labute approximate surface area is 135 Å². The zero-order chi connectivity index (χ0) is 16.7. The van der Waals surface area contributed by atoms with E-state index in [-0.39, 0.29) is 0 Å². The Balaban J connectivity index is 0.000000224. The van der Waals surface area contributed by atoms with E-state index in [2.05, 4.69) is 50.9 Å². The van der Waals surface area contributed by atoms with Crippen LogP contribution in [0.2, 0.25) is 0 Å². The van der Waals surface area contributed by atoms with Crippen molar-refractivity contribution in [1.82, 2.24) is 0 Å². The van der Waals surface area contributed by atoms with Crippen molar-refractivity contribution in [2.45, 2.75) is 27.7 Å². The topological polar surface area (TPSA) is 0 Å². The molecule has 0 fully saturated rings. The highest BCUT2D eigenvalue weighted by molar-refractivity contribution is 5.76. The maximum Gasteiger partial charge on any atom is -0.0158 e. The SMILES string of the molecule is C=C(C)c1ccccc1C.C=C(C)c1ccccc1C(=C)C. The van der Waals surface area contributed by atoms with Crippen molar-refractivity contribution < 1.29 is 0 Å². The summed E-state index contributed by atoms with van der Waals surface area (Å²) >= 11 is 0. The molecule has 0 amide bonds. The number of rotatable bonds is 3. The molecule has 0 saturated carbocycles. The summed E-state index contributed by atoms with van der Waals surface area (Å²) in [5.74, 6) is 0. The third-order valence-electron chi connectivity index (χ3n) is 3.45. The van der Waals surface area contributed by atoms with Gasteiger partial charge in [0.05, 0.1) is 0 Å². The Morgan fingerprint density at radius 3 is 1.18 bits per heavy atom. The molecule has 0 saturated heterocycles. The van der Waals surface area contributed by atoms with Crippen molar-refractivity contribution in [3.05, 3.63) is 90.5 Å². The van der Waals surface area contributed by atoms with Crippen LogP contribution in [0.3, 0.4) is 0 Å². The summed E-state index contributed by atoms with van der Waals surface area (Å²) in [5, 5.41) is 0. The summed E-state index contributed by atoms with van der Waals surface area (Å²) in [6, 6.07) is 16.5. The first kappa shape index (κ1) is 17.7. The highest BCUT2D eigenvalue weighted by Crippen LogP contribution is 2.22. The summed E-state index contributed by atoms with van der Waals surface area (Å²) in [6.45, 7) is 19.9. The van der Waals surface area contributed by atoms with Gasteiger partial charge in [0.2, 0.25) is 0 Å². The van der Waals surface area contributed by atoms with E-state index in [1.54, 1.807) is 0 Å². The van der Waals surface area contributed by atoms with Crippen LogP contribution in [0.4, 0.5) is 0 Å². The van der Waals surface area contributed by atoms with Gasteiger partial charge in [-0.2, -0.15) is 0 Å². The second kappa shape index (κ2) is 8.19. The van der Waals surface area contributed by atoms with E-state index >= 15 is 0 Å². The van der Waals surface area contributed by atoms with E-state index in [0.717, 1.165) is 16.7 Å². The van der Waals surface area contributed by atoms with Gasteiger partial charge in [-0.15, -0.1) is 0 Å². The maximum atomic E-state index is 3.93. The Morgan fingerprint density at radius 1 is 0.591 bits per heavy atom. The highest BCUT2D eigenvalue weighted by atomic mass is 14.1. The van der Waals surface area contributed by atoms with Crippen molar-refractivity contribution >= 4 is 16.7 Å². The molecule has 22 heavy (non-hydrogen) atoms. The Bertz CT molecular complexity index is 654. The zero-order valence-corrected chi connectivity index (χ0v) is 14.2. The molecular formula is C22H26. The standard InChI is InChI=1S/C12H14.C10H12/c1-9(2)11-7-5-6-8-12(11)10(3)4;1-8(2)10-7-5-4-6-9(10)3/h5-8H,1,3H2,2,4H3;4-7H,1H2,2-3H3. The molecule has 2 aromatic carbocycles. The summed E-state index contributed by atoms with van der Waals surface area (Å²) in [7, 11) is 0. The van der Waals surface area contributed by atoms with E-state index in [4.69, 9.17) is 0 Å². The lowest BCUT2D eigenvalue weighted by Gasteiger charge is -2.07. The van der Waals surface area contributed by atoms with Crippen LogP contribution < -0.4 is 0 Å². The fourth-order valence-corrected chi connectivity index (χ4v) is 2.28. The molecule has 0 spiro atoms. The van der Waals surface area contributed by atoms with Gasteiger partial charge >= 0.3 is 0 Å². The quantitative estimate of drug-likeness (QED) is 0.584. The number of benzene rings is 2. The van der Waals surface area contributed by atoms with Gasteiger partial charge in [-0.1, -0.05) is 85.0 Å². The number of aryl methyl sites for hydroxylation is 1. The summed E-state index contributed by atoms with van der Waals surface area (Å²) in [4.78, 5) is 0. The predicted molar refractivity (Wildman–Crippen MR) is 102 cm³/mol. The predicted octanol–water partition coefficient (Wildman–Crippen LogP) is 6.78. The van der Waals surface area contributed by atoms with Gasteiger partial charge in [0.1, 0.15) is 0 Å². The molecule has 0 aliphatic carbocycles. The minimum Gasteiger partial charge on any atom is -0.0955 e. The molecule has 114 valence electrons. The third kappa shape index (κ3) is 4.89. The Hall–Kier alpha value is -2.34. The third-order valence-corrected chi connectivity index (χ3v) is 3.45. The number of hydrogen-bond acceptors (Lipinski definition) is 0. The molecule has 0 bridgehead atoms. The van der Waals surface area contributed by atoms with Crippen molar-refractivity contribution in [1.29, 1.82) is 0 Å². The minimum absolute atomic E-state index is 1.09. The van der Waals surface area contributed by atoms with Gasteiger partial charge in [-0.05, 0) is 49.9 Å². The molecule has 2 aromatic rings. The largest absolute Gasteiger partial charge is 0.0955 e. The molecule has 2 rings (SSSR count). The van der Waals surface area contributed by atoms with Gasteiger partial charge in [0.25, 0.3) is 0 Å². The Morgan fingerprint density at radius 2 is 0.909 bits per heavy atom. The average Bonchev–Trinajstić information content (AvgIpc) is 2.48. The molecule has 0 radical (unpaired) electrons. The molecule has 0 N–H and O–H groups in total. The van der Waals surface area contributed by atoms with E-state index in [9.17, 15) is 0 Å². The maximum absolute atomic E-state index is 3.93. The number of hydrogen-bond donors (Lipinski definition) is 0. The zero-order valence-electron chi connectivity index (χ0n) is 14.2. The van der Waals surface area contributed by atoms with Gasteiger partial charge in [0.15, 0.2) is 0 Å². The van der Waals surface area contributed by atoms with Crippen LogP contribution in [-0.2, 0) is 0 Å². The molecule has 0 heteroatoms.